The lowest BCUT2D eigenvalue weighted by Gasteiger charge is -2.29. The molecule has 0 N–H and O–H groups in total. The second kappa shape index (κ2) is 5.19. The molecular weight excluding hydrogens is 306 g/mol. The number of non-ortho nitro benzene ring substituents is 1. The number of aromatic nitrogens is 1. The molecule has 0 fully saturated rings. The van der Waals surface area contributed by atoms with Gasteiger partial charge in [0.2, 0.25) is 0 Å². The molecule has 4 rings (SSSR count). The molecule has 0 bridgehead atoms. The Labute approximate surface area is 138 Å². The molecule has 0 spiro atoms. The molecule has 6 nitrogen and oxygen atoms in total. The minimum absolute atomic E-state index is 0.0419. The van der Waals surface area contributed by atoms with Crippen LogP contribution in [0.2, 0.25) is 0 Å². The first-order valence-electron chi connectivity index (χ1n) is 7.66. The summed E-state index contributed by atoms with van der Waals surface area (Å²) in [5.74, 6) is 0.131. The summed E-state index contributed by atoms with van der Waals surface area (Å²) in [7, 11) is 1.97. The van der Waals surface area contributed by atoms with Gasteiger partial charge in [0.15, 0.2) is 5.78 Å². The number of aryl methyl sites for hydroxylation is 1. The molecule has 1 aromatic heterocycles. The molecular formula is C18H15N3O3. The lowest BCUT2D eigenvalue weighted by Crippen LogP contribution is -2.32. The van der Waals surface area contributed by atoms with E-state index >= 15 is 0 Å². The summed E-state index contributed by atoms with van der Waals surface area (Å²) in [6.07, 6.45) is 0.407. The number of nitro groups is 1. The number of benzene rings is 2. The van der Waals surface area contributed by atoms with Crippen LogP contribution in [0, 0.1) is 10.1 Å². The van der Waals surface area contributed by atoms with Crippen LogP contribution < -0.4 is 4.90 Å². The smallest absolute Gasteiger partial charge is 0.269 e. The van der Waals surface area contributed by atoms with Gasteiger partial charge in [0.25, 0.3) is 5.69 Å². The van der Waals surface area contributed by atoms with Crippen LogP contribution in [0.3, 0.4) is 0 Å². The summed E-state index contributed by atoms with van der Waals surface area (Å²) in [6, 6.07) is 14.4. The third kappa shape index (κ3) is 2.07. The maximum atomic E-state index is 12.3. The average Bonchev–Trinajstić information content (AvgIpc) is 2.87. The molecule has 2 aromatic carbocycles. The van der Waals surface area contributed by atoms with Crippen LogP contribution in [0.1, 0.15) is 5.69 Å². The number of carbonyl (C=O) groups is 1. The number of nitrogens with zero attached hydrogens (tertiary/aromatic N) is 3. The Morgan fingerprint density at radius 1 is 1.08 bits per heavy atom. The van der Waals surface area contributed by atoms with E-state index in [1.165, 1.54) is 12.1 Å². The third-order valence-electron chi connectivity index (χ3n) is 4.54. The zero-order valence-corrected chi connectivity index (χ0v) is 13.1. The van der Waals surface area contributed by atoms with E-state index in [0.29, 0.717) is 6.42 Å². The van der Waals surface area contributed by atoms with Gasteiger partial charge in [-0.15, -0.1) is 0 Å². The fourth-order valence-electron chi connectivity index (χ4n) is 3.40. The second-order valence-electron chi connectivity index (χ2n) is 5.95. The van der Waals surface area contributed by atoms with Crippen molar-refractivity contribution in [3.8, 4) is 0 Å². The van der Waals surface area contributed by atoms with E-state index in [0.717, 1.165) is 28.0 Å². The summed E-state index contributed by atoms with van der Waals surface area (Å²) >= 11 is 0. The van der Waals surface area contributed by atoms with Gasteiger partial charge in [-0.2, -0.15) is 0 Å². The van der Waals surface area contributed by atoms with Gasteiger partial charge in [0, 0.05) is 35.9 Å². The maximum Gasteiger partial charge on any atom is 0.269 e. The minimum atomic E-state index is -0.422. The summed E-state index contributed by atoms with van der Waals surface area (Å²) in [5, 5.41) is 11.9. The van der Waals surface area contributed by atoms with Crippen molar-refractivity contribution in [1.82, 2.24) is 4.57 Å². The molecule has 0 aliphatic carbocycles. The Morgan fingerprint density at radius 3 is 2.50 bits per heavy atom. The Morgan fingerprint density at radius 2 is 1.79 bits per heavy atom. The SMILES string of the molecule is Cn1c2c(c3ccccc31)N(c1ccc([N+](=O)[O-])cc1)CC(=O)C2. The zero-order valence-electron chi connectivity index (χ0n) is 13.1. The first-order chi connectivity index (χ1) is 11.6. The standard InChI is InChI=1S/C18H15N3O3/c1-19-16-5-3-2-4-15(16)18-17(19)10-14(22)11-20(18)12-6-8-13(9-7-12)21(23)24/h2-9H,10-11H2,1H3. The van der Waals surface area contributed by atoms with E-state index in [1.54, 1.807) is 12.1 Å². The third-order valence-corrected chi connectivity index (χ3v) is 4.54. The van der Waals surface area contributed by atoms with Crippen molar-refractivity contribution >= 4 is 33.7 Å². The molecule has 0 amide bonds. The van der Waals surface area contributed by atoms with Gasteiger partial charge < -0.3 is 9.47 Å². The molecule has 120 valence electrons. The Bertz CT molecular complexity index is 973. The average molecular weight is 321 g/mol. The van der Waals surface area contributed by atoms with Gasteiger partial charge >= 0.3 is 0 Å². The topological polar surface area (TPSA) is 68.4 Å². The van der Waals surface area contributed by atoms with E-state index in [1.807, 2.05) is 36.2 Å². The van der Waals surface area contributed by atoms with Crippen molar-refractivity contribution in [2.75, 3.05) is 11.4 Å². The van der Waals surface area contributed by atoms with Crippen molar-refractivity contribution in [1.29, 1.82) is 0 Å². The van der Waals surface area contributed by atoms with Crippen molar-refractivity contribution in [2.24, 2.45) is 7.05 Å². The molecule has 1 aliphatic heterocycles. The number of nitro benzene ring substituents is 1. The fraction of sp³-hybridized carbons (Fsp3) is 0.167. The van der Waals surface area contributed by atoms with E-state index in [4.69, 9.17) is 0 Å². The summed E-state index contributed by atoms with van der Waals surface area (Å²) in [6.45, 7) is 0.277. The largest absolute Gasteiger partial charge is 0.345 e. The molecule has 2 heterocycles. The number of para-hydroxylation sites is 1. The predicted molar refractivity (Wildman–Crippen MR) is 91.7 cm³/mol. The molecule has 0 unspecified atom stereocenters. The van der Waals surface area contributed by atoms with E-state index < -0.39 is 4.92 Å². The number of carbonyl (C=O) groups excluding carboxylic acids is 1. The van der Waals surface area contributed by atoms with Gasteiger partial charge in [-0.3, -0.25) is 14.9 Å². The van der Waals surface area contributed by atoms with E-state index in [2.05, 4.69) is 4.57 Å². The first kappa shape index (κ1) is 14.4. The van der Waals surface area contributed by atoms with Crippen molar-refractivity contribution in [3.63, 3.8) is 0 Å². The summed E-state index contributed by atoms with van der Waals surface area (Å²) in [5.41, 5.74) is 3.89. The van der Waals surface area contributed by atoms with Crippen LogP contribution in [0.4, 0.5) is 17.1 Å². The molecule has 0 atom stereocenters. The highest BCUT2D eigenvalue weighted by atomic mass is 16.6. The molecule has 0 saturated heterocycles. The van der Waals surface area contributed by atoms with Crippen LogP contribution in [0.25, 0.3) is 10.9 Å². The van der Waals surface area contributed by atoms with Crippen molar-refractivity contribution < 1.29 is 9.72 Å². The van der Waals surface area contributed by atoms with Gasteiger partial charge in [0.05, 0.1) is 29.1 Å². The number of hydrogen-bond acceptors (Lipinski definition) is 4. The fourth-order valence-corrected chi connectivity index (χ4v) is 3.40. The highest BCUT2D eigenvalue weighted by Crippen LogP contribution is 2.40. The molecule has 0 saturated carbocycles. The molecule has 1 aliphatic rings. The van der Waals surface area contributed by atoms with Crippen molar-refractivity contribution in [2.45, 2.75) is 6.42 Å². The number of hydrogen-bond donors (Lipinski definition) is 0. The minimum Gasteiger partial charge on any atom is -0.345 e. The van der Waals surface area contributed by atoms with E-state index in [9.17, 15) is 14.9 Å². The van der Waals surface area contributed by atoms with Crippen LogP contribution in [0.5, 0.6) is 0 Å². The van der Waals surface area contributed by atoms with Gasteiger partial charge in [-0.25, -0.2) is 0 Å². The zero-order chi connectivity index (χ0) is 16.8. The van der Waals surface area contributed by atoms with Crippen LogP contribution in [-0.2, 0) is 18.3 Å². The quantitative estimate of drug-likeness (QED) is 0.536. The number of anilines is 2. The highest BCUT2D eigenvalue weighted by Gasteiger charge is 2.29. The molecule has 24 heavy (non-hydrogen) atoms. The molecule has 0 radical (unpaired) electrons. The Balaban J connectivity index is 1.91. The first-order valence-corrected chi connectivity index (χ1v) is 7.66. The number of rotatable bonds is 2. The number of ketones is 1. The van der Waals surface area contributed by atoms with Crippen LogP contribution in [-0.4, -0.2) is 21.8 Å². The number of fused-ring (bicyclic) bond motifs is 3. The lowest BCUT2D eigenvalue weighted by molar-refractivity contribution is -0.384. The van der Waals surface area contributed by atoms with Crippen molar-refractivity contribution in [3.05, 3.63) is 64.3 Å². The Hall–Kier alpha value is -3.15. The monoisotopic (exact) mass is 321 g/mol. The normalized spacial score (nSPS) is 14.0. The summed E-state index contributed by atoms with van der Waals surface area (Å²) in [4.78, 5) is 24.6. The van der Waals surface area contributed by atoms with Crippen LogP contribution in [0.15, 0.2) is 48.5 Å². The number of Topliss-reactive ketones (excluding diaryl/α,β-unsaturated/α-hetero) is 1. The Kier molecular flexibility index (Phi) is 3.13. The van der Waals surface area contributed by atoms with Gasteiger partial charge in [-0.05, 0) is 18.2 Å². The van der Waals surface area contributed by atoms with Gasteiger partial charge in [-0.1, -0.05) is 18.2 Å². The summed E-state index contributed by atoms with van der Waals surface area (Å²) < 4.78 is 2.06. The van der Waals surface area contributed by atoms with Gasteiger partial charge in [0.1, 0.15) is 0 Å². The van der Waals surface area contributed by atoms with E-state index in [-0.39, 0.29) is 18.0 Å². The highest BCUT2D eigenvalue weighted by molar-refractivity contribution is 6.04. The predicted octanol–water partition coefficient (Wildman–Crippen LogP) is 3.35. The maximum absolute atomic E-state index is 12.3. The lowest BCUT2D eigenvalue weighted by atomic mass is 10.0. The van der Waals surface area contributed by atoms with Crippen LogP contribution >= 0.6 is 0 Å². The second-order valence-corrected chi connectivity index (χ2v) is 5.95. The molecule has 3 aromatic rings. The molecule has 6 heteroatoms.